The van der Waals surface area contributed by atoms with E-state index in [9.17, 15) is 50.0 Å². The lowest BCUT2D eigenvalue weighted by Crippen LogP contribution is -2.64. The second-order valence-electron chi connectivity index (χ2n) is 16.1. The van der Waals surface area contributed by atoms with Crippen LogP contribution in [0.1, 0.15) is 187 Å². The molecule has 0 saturated heterocycles. The normalized spacial score (nSPS) is 24.2. The highest BCUT2D eigenvalue weighted by Gasteiger charge is 2.51. The maximum Gasteiger partial charge on any atom is 0.472 e. The van der Waals surface area contributed by atoms with Crippen molar-refractivity contribution in [3.8, 4) is 0 Å². The molecule has 0 heterocycles. The van der Waals surface area contributed by atoms with E-state index in [1.54, 1.807) is 6.08 Å². The quantitative estimate of drug-likeness (QED) is 0.0184. The van der Waals surface area contributed by atoms with Crippen LogP contribution in [-0.4, -0.2) is 108 Å². The predicted molar refractivity (Wildman–Crippen MR) is 220 cm³/mol. The molecule has 1 aliphatic carbocycles. The molecular formula is C42H82NO12P. The van der Waals surface area contributed by atoms with Crippen molar-refractivity contribution in [2.45, 2.75) is 242 Å². The van der Waals surface area contributed by atoms with Crippen LogP contribution in [-0.2, 0) is 18.4 Å². The van der Waals surface area contributed by atoms with Gasteiger partial charge in [0.1, 0.15) is 36.6 Å². The molecule has 0 radical (unpaired) electrons. The molecule has 14 heteroatoms. The fourth-order valence-electron chi connectivity index (χ4n) is 7.18. The highest BCUT2D eigenvalue weighted by atomic mass is 31.2. The molecule has 0 bridgehead atoms. The molecule has 0 aromatic carbocycles. The molecule has 8 atom stereocenters. The smallest absolute Gasteiger partial charge is 0.393 e. The van der Waals surface area contributed by atoms with Gasteiger partial charge in [0.25, 0.3) is 0 Å². The van der Waals surface area contributed by atoms with Gasteiger partial charge in [-0.25, -0.2) is 4.57 Å². The van der Waals surface area contributed by atoms with E-state index in [4.69, 9.17) is 9.05 Å². The number of hydrogen-bond donors (Lipinski definition) is 9. The maximum atomic E-state index is 12.9. The fourth-order valence-corrected chi connectivity index (χ4v) is 8.15. The summed E-state index contributed by atoms with van der Waals surface area (Å²) in [6.07, 6.45) is 18.8. The van der Waals surface area contributed by atoms with Crippen LogP contribution in [0.15, 0.2) is 12.2 Å². The summed E-state index contributed by atoms with van der Waals surface area (Å²) in [4.78, 5) is 23.4. The molecular weight excluding hydrogens is 741 g/mol. The SMILES string of the molecule is CCCCCCCCCCCCCC/C=C/C(O)C(COP(=O)(O)OC1C(O)C(O)C(O)C(O)C1O)NC(=O)CC(O)CCCCCCCCCCCCCC. The molecule has 1 saturated carbocycles. The average Bonchev–Trinajstić information content (AvgIpc) is 3.17. The first-order valence-corrected chi connectivity index (χ1v) is 23.7. The fraction of sp³-hybridized carbons (Fsp3) is 0.929. The second-order valence-corrected chi connectivity index (χ2v) is 17.5. The maximum absolute atomic E-state index is 12.9. The van der Waals surface area contributed by atoms with E-state index in [2.05, 4.69) is 19.2 Å². The molecule has 1 rings (SSSR count). The van der Waals surface area contributed by atoms with Gasteiger partial charge in [0, 0.05) is 0 Å². The van der Waals surface area contributed by atoms with E-state index in [0.717, 1.165) is 44.9 Å². The number of aliphatic hydroxyl groups excluding tert-OH is 7. The lowest BCUT2D eigenvalue weighted by atomic mass is 9.85. The number of carbonyl (C=O) groups excluding carboxylic acids is 1. The van der Waals surface area contributed by atoms with Crippen LogP contribution in [0.25, 0.3) is 0 Å². The Labute approximate surface area is 338 Å². The number of allylic oxidation sites excluding steroid dienone is 1. The standard InChI is InChI=1S/C42H82NO12P/c1-3-5-7-9-11-13-15-17-18-20-22-24-26-28-30-35(45)34(32-54-56(52,53)55-42-40(50)38(48)37(47)39(49)41(42)51)43-36(46)31-33(44)29-27-25-23-21-19-16-14-12-10-8-6-4-2/h28,30,33-35,37-42,44-45,47-51H,3-27,29,31-32H2,1-2H3,(H,43,46)(H,52,53)/b30-28+. The molecule has 13 nitrogen and oxygen atoms in total. The van der Waals surface area contributed by atoms with Crippen LogP contribution in [0.4, 0.5) is 0 Å². The van der Waals surface area contributed by atoms with Crippen molar-refractivity contribution in [2.75, 3.05) is 6.61 Å². The summed E-state index contributed by atoms with van der Waals surface area (Å²) < 4.78 is 22.8. The summed E-state index contributed by atoms with van der Waals surface area (Å²) in [5, 5.41) is 74.3. The number of unbranched alkanes of at least 4 members (excludes halogenated alkanes) is 23. The lowest BCUT2D eigenvalue weighted by molar-refractivity contribution is -0.220. The van der Waals surface area contributed by atoms with Crippen molar-refractivity contribution in [1.29, 1.82) is 0 Å². The Bertz CT molecular complexity index is 1020. The van der Waals surface area contributed by atoms with Gasteiger partial charge in [-0.1, -0.05) is 174 Å². The van der Waals surface area contributed by atoms with Crippen molar-refractivity contribution in [1.82, 2.24) is 5.32 Å². The molecule has 8 unspecified atom stereocenters. The monoisotopic (exact) mass is 824 g/mol. The van der Waals surface area contributed by atoms with Crippen molar-refractivity contribution in [3.05, 3.63) is 12.2 Å². The average molecular weight is 824 g/mol. The number of carbonyl (C=O) groups is 1. The summed E-state index contributed by atoms with van der Waals surface area (Å²) in [5.74, 6) is -0.592. The molecule has 332 valence electrons. The van der Waals surface area contributed by atoms with Crippen LogP contribution < -0.4 is 5.32 Å². The minimum Gasteiger partial charge on any atom is -0.393 e. The summed E-state index contributed by atoms with van der Waals surface area (Å²) in [6, 6.07) is -1.23. The van der Waals surface area contributed by atoms with Crippen LogP contribution in [0.3, 0.4) is 0 Å². The van der Waals surface area contributed by atoms with E-state index in [1.807, 2.05) is 0 Å². The minimum absolute atomic E-state index is 0.240. The number of nitrogens with one attached hydrogen (secondary N) is 1. The zero-order chi connectivity index (χ0) is 41.6. The number of rotatable bonds is 36. The summed E-state index contributed by atoms with van der Waals surface area (Å²) in [7, 11) is -5.13. The van der Waals surface area contributed by atoms with Gasteiger partial charge in [-0.15, -0.1) is 0 Å². The minimum atomic E-state index is -5.13. The van der Waals surface area contributed by atoms with Gasteiger partial charge in [-0.2, -0.15) is 0 Å². The Morgan fingerprint density at radius 3 is 1.46 bits per heavy atom. The molecule has 1 aliphatic rings. The molecule has 1 amide bonds. The second kappa shape index (κ2) is 32.8. The Morgan fingerprint density at radius 1 is 0.625 bits per heavy atom. The number of aliphatic hydroxyl groups is 7. The number of phosphoric ester groups is 1. The highest BCUT2D eigenvalue weighted by molar-refractivity contribution is 7.47. The number of hydrogen-bond acceptors (Lipinski definition) is 11. The molecule has 56 heavy (non-hydrogen) atoms. The Kier molecular flexibility index (Phi) is 31.1. The third-order valence-corrected chi connectivity index (χ3v) is 11.9. The van der Waals surface area contributed by atoms with Crippen LogP contribution in [0.5, 0.6) is 0 Å². The van der Waals surface area contributed by atoms with E-state index < -0.39 is 75.2 Å². The van der Waals surface area contributed by atoms with Crippen molar-refractivity contribution < 1.29 is 59.0 Å². The van der Waals surface area contributed by atoms with Crippen LogP contribution in [0, 0.1) is 0 Å². The first kappa shape index (κ1) is 53.1. The van der Waals surface area contributed by atoms with Crippen LogP contribution >= 0.6 is 7.82 Å². The Morgan fingerprint density at radius 2 is 1.02 bits per heavy atom. The zero-order valence-electron chi connectivity index (χ0n) is 34.8. The molecule has 0 spiro atoms. The van der Waals surface area contributed by atoms with E-state index in [-0.39, 0.29) is 6.42 Å². The van der Waals surface area contributed by atoms with Gasteiger partial charge < -0.3 is 46.0 Å². The lowest BCUT2D eigenvalue weighted by Gasteiger charge is -2.41. The number of amides is 1. The highest BCUT2D eigenvalue weighted by Crippen LogP contribution is 2.47. The predicted octanol–water partition coefficient (Wildman–Crippen LogP) is 6.64. The zero-order valence-corrected chi connectivity index (χ0v) is 35.7. The van der Waals surface area contributed by atoms with Crippen LogP contribution in [0.2, 0.25) is 0 Å². The van der Waals surface area contributed by atoms with Crippen molar-refractivity contribution >= 4 is 13.7 Å². The summed E-state index contributed by atoms with van der Waals surface area (Å²) in [5.41, 5.74) is 0. The first-order chi connectivity index (χ1) is 26.8. The van der Waals surface area contributed by atoms with Crippen molar-refractivity contribution in [2.24, 2.45) is 0 Å². The van der Waals surface area contributed by atoms with Gasteiger partial charge in [0.15, 0.2) is 0 Å². The van der Waals surface area contributed by atoms with E-state index >= 15 is 0 Å². The van der Waals surface area contributed by atoms with E-state index in [0.29, 0.717) is 12.8 Å². The number of phosphoric acid groups is 1. The largest absolute Gasteiger partial charge is 0.472 e. The summed E-state index contributed by atoms with van der Waals surface area (Å²) in [6.45, 7) is 3.72. The third kappa shape index (κ3) is 24.8. The molecule has 1 fully saturated rings. The Balaban J connectivity index is 2.59. The van der Waals surface area contributed by atoms with Gasteiger partial charge >= 0.3 is 7.82 Å². The third-order valence-electron chi connectivity index (χ3n) is 10.9. The molecule has 0 aliphatic heterocycles. The summed E-state index contributed by atoms with van der Waals surface area (Å²) >= 11 is 0. The van der Waals surface area contributed by atoms with Gasteiger partial charge in [0.2, 0.25) is 5.91 Å². The van der Waals surface area contributed by atoms with Gasteiger partial charge in [-0.05, 0) is 19.3 Å². The van der Waals surface area contributed by atoms with Gasteiger partial charge in [-0.3, -0.25) is 13.8 Å². The van der Waals surface area contributed by atoms with Gasteiger partial charge in [0.05, 0.1) is 31.3 Å². The topological polar surface area (TPSA) is 226 Å². The molecule has 0 aromatic rings. The first-order valence-electron chi connectivity index (χ1n) is 22.2. The van der Waals surface area contributed by atoms with E-state index in [1.165, 1.54) is 115 Å². The molecule has 0 aromatic heterocycles. The molecule has 9 N–H and O–H groups in total. The Hall–Kier alpha value is -0.960. The van der Waals surface area contributed by atoms with Crippen molar-refractivity contribution in [3.63, 3.8) is 0 Å².